The number of esters is 1. The Morgan fingerprint density at radius 3 is 2.67 bits per heavy atom. The van der Waals surface area contributed by atoms with E-state index in [1.54, 1.807) is 0 Å². The van der Waals surface area contributed by atoms with E-state index in [1.807, 2.05) is 0 Å². The van der Waals surface area contributed by atoms with Crippen LogP contribution in [-0.2, 0) is 9.53 Å². The highest BCUT2D eigenvalue weighted by Crippen LogP contribution is 2.29. The van der Waals surface area contributed by atoms with Crippen LogP contribution >= 0.6 is 0 Å². The molecule has 1 heterocycles. The first kappa shape index (κ1) is 13.4. The molecule has 1 aromatic heterocycles. The normalized spacial score (nSPS) is 9.06. The topological polar surface area (TPSA) is 91.6 Å². The first-order valence-electron chi connectivity index (χ1n) is 4.79. The van der Waals surface area contributed by atoms with Crippen molar-refractivity contribution >= 4 is 11.7 Å². The van der Waals surface area contributed by atoms with Crippen LogP contribution < -0.4 is 4.74 Å². The third kappa shape index (κ3) is 2.74. The summed E-state index contributed by atoms with van der Waals surface area (Å²) in [5, 5.41) is 10.9. The summed E-state index contributed by atoms with van der Waals surface area (Å²) in [6.45, 7) is 1.50. The molecule has 0 unspecified atom stereocenters. The second-order valence-corrected chi connectivity index (χ2v) is 3.15. The maximum absolute atomic E-state index is 10.9. The highest BCUT2D eigenvalue weighted by Gasteiger charge is 2.22. The summed E-state index contributed by atoms with van der Waals surface area (Å²) in [6, 6.07) is 0. The van der Waals surface area contributed by atoms with Gasteiger partial charge in [-0.05, 0) is 6.92 Å². The van der Waals surface area contributed by atoms with E-state index >= 15 is 0 Å². The lowest BCUT2D eigenvalue weighted by atomic mass is 10.1. The average molecular weight is 250 g/mol. The molecule has 0 aromatic carbocycles. The monoisotopic (exact) mass is 250 g/mol. The number of methoxy groups -OCH3 is 2. The average Bonchev–Trinajstić information content (AvgIpc) is 2.35. The predicted molar refractivity (Wildman–Crippen MR) is 61.1 cm³/mol. The van der Waals surface area contributed by atoms with E-state index in [2.05, 4.69) is 21.6 Å². The van der Waals surface area contributed by atoms with Gasteiger partial charge in [0.2, 0.25) is 0 Å². The van der Waals surface area contributed by atoms with E-state index < -0.39 is 10.9 Å². The van der Waals surface area contributed by atoms with Crippen LogP contribution in [0.2, 0.25) is 0 Å². The second-order valence-electron chi connectivity index (χ2n) is 3.15. The molecule has 0 N–H and O–H groups in total. The molecule has 0 saturated carbocycles. The van der Waals surface area contributed by atoms with Gasteiger partial charge in [0.15, 0.2) is 0 Å². The number of aromatic nitrogens is 1. The molecule has 7 heteroatoms. The van der Waals surface area contributed by atoms with Crippen molar-refractivity contribution in [3.8, 4) is 17.7 Å². The summed E-state index contributed by atoms with van der Waals surface area (Å²) in [7, 11) is 2.48. The van der Waals surface area contributed by atoms with E-state index in [0.717, 1.165) is 0 Å². The maximum Gasteiger partial charge on any atom is 0.384 e. The molecule has 0 aliphatic rings. The molecule has 7 nitrogen and oxygen atoms in total. The van der Waals surface area contributed by atoms with Gasteiger partial charge in [-0.2, -0.15) is 0 Å². The predicted octanol–water partition coefficient (Wildman–Crippen LogP) is 0.831. The van der Waals surface area contributed by atoms with Crippen molar-refractivity contribution in [2.24, 2.45) is 0 Å². The Labute approximate surface area is 103 Å². The Morgan fingerprint density at radius 1 is 1.50 bits per heavy atom. The third-order valence-corrected chi connectivity index (χ3v) is 2.13. The van der Waals surface area contributed by atoms with Gasteiger partial charge in [-0.15, -0.1) is 0 Å². The van der Waals surface area contributed by atoms with Crippen LogP contribution in [0, 0.1) is 28.9 Å². The maximum atomic E-state index is 10.9. The van der Waals surface area contributed by atoms with Gasteiger partial charge in [0, 0.05) is 17.7 Å². The standard InChI is InChI=1S/C11H10N2O5/c1-7-8(4-5-9(14)17-2)6-12-11(18-3)10(7)13(15)16/h6H,1-3H3. The van der Waals surface area contributed by atoms with Crippen molar-refractivity contribution in [3.63, 3.8) is 0 Å². The van der Waals surface area contributed by atoms with Crippen LogP contribution in [0.15, 0.2) is 6.20 Å². The minimum atomic E-state index is -0.729. The third-order valence-electron chi connectivity index (χ3n) is 2.13. The first-order chi connectivity index (χ1) is 8.51. The van der Waals surface area contributed by atoms with Crippen LogP contribution in [0.3, 0.4) is 0 Å². The molecular formula is C11H10N2O5. The molecule has 0 atom stereocenters. The minimum Gasteiger partial charge on any atom is -0.476 e. The Kier molecular flexibility index (Phi) is 4.21. The highest BCUT2D eigenvalue weighted by atomic mass is 16.6. The van der Waals surface area contributed by atoms with E-state index in [-0.39, 0.29) is 22.7 Å². The van der Waals surface area contributed by atoms with E-state index in [1.165, 1.54) is 27.3 Å². The Balaban J connectivity index is 3.32. The van der Waals surface area contributed by atoms with Crippen LogP contribution in [0.5, 0.6) is 5.88 Å². The quantitative estimate of drug-likeness (QED) is 0.334. The van der Waals surface area contributed by atoms with Gasteiger partial charge in [0.1, 0.15) is 0 Å². The van der Waals surface area contributed by atoms with Gasteiger partial charge < -0.3 is 9.47 Å². The zero-order chi connectivity index (χ0) is 13.7. The lowest BCUT2D eigenvalue weighted by Crippen LogP contribution is -2.01. The van der Waals surface area contributed by atoms with Gasteiger partial charge >= 0.3 is 11.7 Å². The molecule has 94 valence electrons. The van der Waals surface area contributed by atoms with E-state index in [0.29, 0.717) is 0 Å². The smallest absolute Gasteiger partial charge is 0.384 e. The number of carbonyl (C=O) groups is 1. The van der Waals surface area contributed by atoms with Crippen molar-refractivity contribution < 1.29 is 19.2 Å². The molecule has 1 aromatic rings. The first-order valence-corrected chi connectivity index (χ1v) is 4.79. The number of nitro groups is 1. The van der Waals surface area contributed by atoms with Crippen molar-refractivity contribution in [1.82, 2.24) is 4.98 Å². The molecule has 0 saturated heterocycles. The molecule has 0 bridgehead atoms. The minimum absolute atomic E-state index is 0.0962. The summed E-state index contributed by atoms with van der Waals surface area (Å²) in [5.74, 6) is 3.82. The zero-order valence-corrected chi connectivity index (χ0v) is 10.0. The molecule has 1 rings (SSSR count). The van der Waals surface area contributed by atoms with E-state index in [4.69, 9.17) is 4.74 Å². The molecule has 0 fully saturated rings. The number of rotatable bonds is 2. The number of hydrogen-bond acceptors (Lipinski definition) is 6. The van der Waals surface area contributed by atoms with Gasteiger partial charge in [-0.25, -0.2) is 9.78 Å². The number of pyridine rings is 1. The number of ether oxygens (including phenoxy) is 2. The molecular weight excluding hydrogens is 240 g/mol. The molecule has 18 heavy (non-hydrogen) atoms. The fraction of sp³-hybridized carbons (Fsp3) is 0.273. The summed E-state index contributed by atoms with van der Waals surface area (Å²) < 4.78 is 9.14. The van der Waals surface area contributed by atoms with Crippen LogP contribution in [0.1, 0.15) is 11.1 Å². The fourth-order valence-corrected chi connectivity index (χ4v) is 1.23. The molecule has 0 aliphatic carbocycles. The van der Waals surface area contributed by atoms with Crippen LogP contribution in [0.4, 0.5) is 5.69 Å². The lowest BCUT2D eigenvalue weighted by molar-refractivity contribution is -0.386. The van der Waals surface area contributed by atoms with Gasteiger partial charge in [0.05, 0.1) is 24.7 Å². The zero-order valence-electron chi connectivity index (χ0n) is 10.0. The summed E-state index contributed by atoms with van der Waals surface area (Å²) in [4.78, 5) is 24.9. The number of nitrogens with zero attached hydrogens (tertiary/aromatic N) is 2. The molecule has 0 aliphatic heterocycles. The molecule has 0 amide bonds. The van der Waals surface area contributed by atoms with Gasteiger partial charge in [-0.3, -0.25) is 10.1 Å². The second kappa shape index (κ2) is 5.63. The summed E-state index contributed by atoms with van der Waals surface area (Å²) in [6.07, 6.45) is 1.30. The Morgan fingerprint density at radius 2 is 2.17 bits per heavy atom. The lowest BCUT2D eigenvalue weighted by Gasteiger charge is -2.04. The SMILES string of the molecule is COC(=O)C#Cc1cnc(OC)c([N+](=O)[O-])c1C. The van der Waals surface area contributed by atoms with E-state index in [9.17, 15) is 14.9 Å². The Hall–Kier alpha value is -2.62. The van der Waals surface area contributed by atoms with Gasteiger partial charge in [0.25, 0.3) is 5.88 Å². The summed E-state index contributed by atoms with van der Waals surface area (Å²) >= 11 is 0. The number of carbonyl (C=O) groups excluding carboxylic acids is 1. The fourth-order valence-electron chi connectivity index (χ4n) is 1.23. The van der Waals surface area contributed by atoms with Crippen molar-refractivity contribution in [2.45, 2.75) is 6.92 Å². The Bertz CT molecular complexity index is 557. The largest absolute Gasteiger partial charge is 0.476 e. The number of hydrogen-bond donors (Lipinski definition) is 0. The molecule has 0 spiro atoms. The highest BCUT2D eigenvalue weighted by molar-refractivity contribution is 5.89. The summed E-state index contributed by atoms with van der Waals surface area (Å²) in [5.41, 5.74) is 0.283. The van der Waals surface area contributed by atoms with Crippen LogP contribution in [-0.4, -0.2) is 30.1 Å². The van der Waals surface area contributed by atoms with Crippen molar-refractivity contribution in [2.75, 3.05) is 14.2 Å². The van der Waals surface area contributed by atoms with Crippen molar-refractivity contribution in [3.05, 3.63) is 27.4 Å². The molecule has 0 radical (unpaired) electrons. The van der Waals surface area contributed by atoms with Gasteiger partial charge in [-0.1, -0.05) is 5.92 Å². The van der Waals surface area contributed by atoms with Crippen molar-refractivity contribution in [1.29, 1.82) is 0 Å². The van der Waals surface area contributed by atoms with Crippen LogP contribution in [0.25, 0.3) is 0 Å².